The first-order valence-electron chi connectivity index (χ1n) is 4.32. The van der Waals surface area contributed by atoms with E-state index in [9.17, 15) is 0 Å². The molecule has 0 fully saturated rings. The van der Waals surface area contributed by atoms with Crippen LogP contribution in [-0.4, -0.2) is 19.1 Å². The quantitative estimate of drug-likeness (QED) is 0.819. The van der Waals surface area contributed by atoms with Crippen molar-refractivity contribution >= 4 is 15.9 Å². The molecular weight excluding hydrogens is 244 g/mol. The van der Waals surface area contributed by atoms with Gasteiger partial charge in [-0.25, -0.2) is 9.97 Å². The van der Waals surface area contributed by atoms with Gasteiger partial charge in [0.25, 0.3) is 0 Å². The second-order valence-electron chi connectivity index (χ2n) is 3.16. The summed E-state index contributed by atoms with van der Waals surface area (Å²) in [4.78, 5) is 8.46. The molecule has 5 heteroatoms. The van der Waals surface area contributed by atoms with Gasteiger partial charge in [-0.2, -0.15) is 0 Å². The van der Waals surface area contributed by atoms with Crippen LogP contribution in [0, 0.1) is 6.92 Å². The highest BCUT2D eigenvalue weighted by Gasteiger charge is 2.05. The predicted molar refractivity (Wildman–Crippen MR) is 57.0 cm³/mol. The molecule has 2 rings (SSSR count). The maximum absolute atomic E-state index is 4.30. The summed E-state index contributed by atoms with van der Waals surface area (Å²) in [6.45, 7) is 2.74. The van der Waals surface area contributed by atoms with Crippen molar-refractivity contribution in [2.75, 3.05) is 0 Å². The molecule has 0 N–H and O–H groups in total. The first kappa shape index (κ1) is 9.45. The SMILES string of the molecule is Cc1nccn1Cc1ncc(Br)n1C. The lowest BCUT2D eigenvalue weighted by molar-refractivity contribution is 0.677. The Bertz CT molecular complexity index is 443. The largest absolute Gasteiger partial charge is 0.328 e. The molecule has 2 aromatic rings. The Labute approximate surface area is 90.7 Å². The molecule has 0 aliphatic carbocycles. The van der Waals surface area contributed by atoms with E-state index >= 15 is 0 Å². The summed E-state index contributed by atoms with van der Waals surface area (Å²) >= 11 is 3.41. The van der Waals surface area contributed by atoms with Crippen molar-refractivity contribution in [3.8, 4) is 0 Å². The van der Waals surface area contributed by atoms with Crippen LogP contribution in [0.3, 0.4) is 0 Å². The number of hydrogen-bond acceptors (Lipinski definition) is 2. The fraction of sp³-hybridized carbons (Fsp3) is 0.333. The van der Waals surface area contributed by atoms with Crippen molar-refractivity contribution in [3.63, 3.8) is 0 Å². The summed E-state index contributed by atoms with van der Waals surface area (Å²) in [5, 5.41) is 0. The van der Waals surface area contributed by atoms with E-state index in [-0.39, 0.29) is 0 Å². The van der Waals surface area contributed by atoms with Gasteiger partial charge in [-0.05, 0) is 22.9 Å². The summed E-state index contributed by atoms with van der Waals surface area (Å²) in [7, 11) is 1.98. The Morgan fingerprint density at radius 1 is 1.43 bits per heavy atom. The average molecular weight is 255 g/mol. The normalized spacial score (nSPS) is 10.8. The minimum atomic E-state index is 0.758. The van der Waals surface area contributed by atoms with Gasteiger partial charge in [-0.1, -0.05) is 0 Å². The Morgan fingerprint density at radius 3 is 2.71 bits per heavy atom. The second-order valence-corrected chi connectivity index (χ2v) is 3.97. The van der Waals surface area contributed by atoms with Crippen molar-refractivity contribution in [2.24, 2.45) is 7.05 Å². The summed E-state index contributed by atoms with van der Waals surface area (Å²) in [5.74, 6) is 2.02. The van der Waals surface area contributed by atoms with Crippen molar-refractivity contribution < 1.29 is 0 Å². The van der Waals surface area contributed by atoms with Crippen LogP contribution in [0.1, 0.15) is 11.6 Å². The molecule has 0 aliphatic heterocycles. The minimum absolute atomic E-state index is 0.758. The zero-order valence-electron chi connectivity index (χ0n) is 8.11. The van der Waals surface area contributed by atoms with Gasteiger partial charge in [0.1, 0.15) is 16.3 Å². The fourth-order valence-corrected chi connectivity index (χ4v) is 1.60. The number of halogens is 1. The highest BCUT2D eigenvalue weighted by atomic mass is 79.9. The van der Waals surface area contributed by atoms with Crippen LogP contribution < -0.4 is 0 Å². The van der Waals surface area contributed by atoms with Crippen molar-refractivity contribution in [3.05, 3.63) is 34.8 Å². The maximum Gasteiger partial charge on any atom is 0.129 e. The fourth-order valence-electron chi connectivity index (χ4n) is 1.29. The van der Waals surface area contributed by atoms with E-state index in [4.69, 9.17) is 0 Å². The highest BCUT2D eigenvalue weighted by molar-refractivity contribution is 9.10. The van der Waals surface area contributed by atoms with E-state index in [1.807, 2.05) is 30.9 Å². The van der Waals surface area contributed by atoms with Crippen LogP contribution >= 0.6 is 15.9 Å². The van der Waals surface area contributed by atoms with Gasteiger partial charge in [0.15, 0.2) is 0 Å². The van der Waals surface area contributed by atoms with Crippen LogP contribution in [0.2, 0.25) is 0 Å². The van der Waals surface area contributed by atoms with Gasteiger partial charge < -0.3 is 9.13 Å². The molecule has 0 aliphatic rings. The van der Waals surface area contributed by atoms with Gasteiger partial charge in [0.05, 0.1) is 12.7 Å². The molecule has 0 saturated carbocycles. The second kappa shape index (κ2) is 3.57. The Hall–Kier alpha value is -1.10. The number of hydrogen-bond donors (Lipinski definition) is 0. The van der Waals surface area contributed by atoms with E-state index in [0.29, 0.717) is 0 Å². The average Bonchev–Trinajstić information content (AvgIpc) is 2.68. The van der Waals surface area contributed by atoms with Crippen LogP contribution in [0.15, 0.2) is 23.2 Å². The van der Waals surface area contributed by atoms with Crippen molar-refractivity contribution in [1.82, 2.24) is 19.1 Å². The molecule has 0 radical (unpaired) electrons. The lowest BCUT2D eigenvalue weighted by atomic mass is 10.5. The molecule has 0 amide bonds. The van der Waals surface area contributed by atoms with Gasteiger partial charge in [-0.15, -0.1) is 0 Å². The summed E-state index contributed by atoms with van der Waals surface area (Å²) in [6, 6.07) is 0. The van der Waals surface area contributed by atoms with Crippen molar-refractivity contribution in [2.45, 2.75) is 13.5 Å². The molecule has 0 bridgehead atoms. The zero-order valence-corrected chi connectivity index (χ0v) is 9.69. The molecule has 0 spiro atoms. The zero-order chi connectivity index (χ0) is 10.1. The summed E-state index contributed by atoms with van der Waals surface area (Å²) in [6.07, 6.45) is 5.56. The maximum atomic E-state index is 4.30. The molecule has 14 heavy (non-hydrogen) atoms. The number of aryl methyl sites for hydroxylation is 1. The number of aromatic nitrogens is 4. The van der Waals surface area contributed by atoms with Crippen LogP contribution in [0.4, 0.5) is 0 Å². The third kappa shape index (κ3) is 1.59. The number of rotatable bonds is 2. The van der Waals surface area contributed by atoms with Crippen molar-refractivity contribution in [1.29, 1.82) is 0 Å². The van der Waals surface area contributed by atoms with Crippen LogP contribution in [0.5, 0.6) is 0 Å². The molecule has 2 aromatic heterocycles. The standard InChI is InChI=1S/C9H11BrN4/c1-7-11-3-4-14(7)6-9-12-5-8(10)13(9)2/h3-5H,6H2,1-2H3. The first-order chi connectivity index (χ1) is 6.68. The Balaban J connectivity index is 2.27. The van der Waals surface area contributed by atoms with E-state index in [2.05, 4.69) is 30.5 Å². The monoisotopic (exact) mass is 254 g/mol. The van der Waals surface area contributed by atoms with Crippen LogP contribution in [-0.2, 0) is 13.6 Å². The number of nitrogens with zero attached hydrogens (tertiary/aromatic N) is 4. The molecule has 0 atom stereocenters. The van der Waals surface area contributed by atoms with Gasteiger partial charge in [0, 0.05) is 19.4 Å². The third-order valence-corrected chi connectivity index (χ3v) is 3.00. The lowest BCUT2D eigenvalue weighted by Crippen LogP contribution is -2.06. The minimum Gasteiger partial charge on any atom is -0.328 e. The highest BCUT2D eigenvalue weighted by Crippen LogP contribution is 2.11. The predicted octanol–water partition coefficient (Wildman–Crippen LogP) is 1.74. The summed E-state index contributed by atoms with van der Waals surface area (Å²) in [5.41, 5.74) is 0. The molecule has 0 aromatic carbocycles. The molecule has 2 heterocycles. The molecule has 0 unspecified atom stereocenters. The molecule has 4 nitrogen and oxygen atoms in total. The topological polar surface area (TPSA) is 35.6 Å². The van der Waals surface area contributed by atoms with E-state index in [1.54, 1.807) is 6.20 Å². The van der Waals surface area contributed by atoms with E-state index in [0.717, 1.165) is 22.8 Å². The van der Waals surface area contributed by atoms with Crippen LogP contribution in [0.25, 0.3) is 0 Å². The van der Waals surface area contributed by atoms with E-state index < -0.39 is 0 Å². The number of imidazole rings is 2. The Kier molecular flexibility index (Phi) is 2.41. The molecular formula is C9H11BrN4. The third-order valence-electron chi connectivity index (χ3n) is 2.26. The smallest absolute Gasteiger partial charge is 0.129 e. The van der Waals surface area contributed by atoms with Gasteiger partial charge in [0.2, 0.25) is 0 Å². The first-order valence-corrected chi connectivity index (χ1v) is 5.11. The van der Waals surface area contributed by atoms with Gasteiger partial charge >= 0.3 is 0 Å². The molecule has 74 valence electrons. The van der Waals surface area contributed by atoms with E-state index in [1.165, 1.54) is 0 Å². The Morgan fingerprint density at radius 2 is 2.21 bits per heavy atom. The summed E-state index contributed by atoms with van der Waals surface area (Å²) < 4.78 is 5.07. The van der Waals surface area contributed by atoms with Gasteiger partial charge in [-0.3, -0.25) is 0 Å². The lowest BCUT2D eigenvalue weighted by Gasteiger charge is -2.05. The molecule has 0 saturated heterocycles.